The standard InChI is InChI=1S/C13H22N2S/c1-9(8-14)12-10(2)15-13(16-12)11-6-4-3-5-7-11/h9,11H,3-8,14H2,1-2H3. The van der Waals surface area contributed by atoms with Crippen LogP contribution in [0.1, 0.15) is 66.4 Å². The molecule has 0 saturated heterocycles. The number of hydrogen-bond donors (Lipinski definition) is 1. The third kappa shape index (κ3) is 2.46. The minimum atomic E-state index is 0.467. The molecule has 0 bridgehead atoms. The lowest BCUT2D eigenvalue weighted by Gasteiger charge is -2.18. The fourth-order valence-corrected chi connectivity index (χ4v) is 3.82. The van der Waals surface area contributed by atoms with Crippen molar-refractivity contribution in [1.29, 1.82) is 0 Å². The molecule has 1 fully saturated rings. The van der Waals surface area contributed by atoms with Crippen LogP contribution in [0.5, 0.6) is 0 Å². The Morgan fingerprint density at radius 1 is 1.38 bits per heavy atom. The summed E-state index contributed by atoms with van der Waals surface area (Å²) in [6.45, 7) is 5.06. The van der Waals surface area contributed by atoms with Crippen molar-refractivity contribution in [2.24, 2.45) is 5.73 Å². The summed E-state index contributed by atoms with van der Waals surface area (Å²) in [5.74, 6) is 1.20. The van der Waals surface area contributed by atoms with Crippen LogP contribution in [0.25, 0.3) is 0 Å². The summed E-state index contributed by atoms with van der Waals surface area (Å²) in [6.07, 6.45) is 6.84. The lowest BCUT2D eigenvalue weighted by atomic mass is 9.90. The highest BCUT2D eigenvalue weighted by atomic mass is 32.1. The first-order chi connectivity index (χ1) is 7.72. The Balaban J connectivity index is 2.16. The lowest BCUT2D eigenvalue weighted by Crippen LogP contribution is -2.08. The van der Waals surface area contributed by atoms with Crippen LogP contribution in [0.3, 0.4) is 0 Å². The molecule has 1 aromatic heterocycles. The van der Waals surface area contributed by atoms with E-state index in [0.29, 0.717) is 5.92 Å². The summed E-state index contributed by atoms with van der Waals surface area (Å²) in [7, 11) is 0. The molecule has 2 rings (SSSR count). The van der Waals surface area contributed by atoms with Gasteiger partial charge >= 0.3 is 0 Å². The third-order valence-electron chi connectivity index (χ3n) is 3.60. The molecule has 16 heavy (non-hydrogen) atoms. The number of thiazole rings is 1. The van der Waals surface area contributed by atoms with Crippen molar-refractivity contribution in [2.45, 2.75) is 57.8 Å². The van der Waals surface area contributed by atoms with Crippen molar-refractivity contribution in [3.05, 3.63) is 15.6 Å². The molecule has 0 aliphatic heterocycles. The van der Waals surface area contributed by atoms with Gasteiger partial charge < -0.3 is 5.73 Å². The Morgan fingerprint density at radius 2 is 2.06 bits per heavy atom. The van der Waals surface area contributed by atoms with Gasteiger partial charge in [-0.05, 0) is 26.3 Å². The van der Waals surface area contributed by atoms with E-state index < -0.39 is 0 Å². The highest BCUT2D eigenvalue weighted by Crippen LogP contribution is 2.37. The zero-order valence-electron chi connectivity index (χ0n) is 10.3. The smallest absolute Gasteiger partial charge is 0.0961 e. The van der Waals surface area contributed by atoms with Gasteiger partial charge in [0.15, 0.2) is 0 Å². The highest BCUT2D eigenvalue weighted by Gasteiger charge is 2.21. The third-order valence-corrected chi connectivity index (χ3v) is 5.16. The van der Waals surface area contributed by atoms with Crippen molar-refractivity contribution in [3.63, 3.8) is 0 Å². The maximum absolute atomic E-state index is 5.74. The molecule has 2 N–H and O–H groups in total. The second-order valence-electron chi connectivity index (χ2n) is 4.97. The Hall–Kier alpha value is -0.410. The van der Waals surface area contributed by atoms with Gasteiger partial charge in [0, 0.05) is 16.7 Å². The number of rotatable bonds is 3. The number of hydrogen-bond acceptors (Lipinski definition) is 3. The molecule has 2 nitrogen and oxygen atoms in total. The second kappa shape index (κ2) is 5.28. The van der Waals surface area contributed by atoms with E-state index in [4.69, 9.17) is 10.7 Å². The Bertz CT molecular complexity index is 340. The first-order valence-corrected chi connectivity index (χ1v) is 7.21. The summed E-state index contributed by atoms with van der Waals surface area (Å²) in [5, 5.41) is 1.37. The van der Waals surface area contributed by atoms with Crippen LogP contribution < -0.4 is 5.73 Å². The summed E-state index contributed by atoms with van der Waals surface area (Å²) >= 11 is 1.91. The van der Waals surface area contributed by atoms with Crippen LogP contribution >= 0.6 is 11.3 Å². The van der Waals surface area contributed by atoms with Crippen LogP contribution in [0, 0.1) is 6.92 Å². The molecule has 1 aliphatic rings. The maximum Gasteiger partial charge on any atom is 0.0961 e. The van der Waals surface area contributed by atoms with E-state index in [1.165, 1.54) is 47.7 Å². The molecule has 1 heterocycles. The average molecular weight is 238 g/mol. The number of aryl methyl sites for hydroxylation is 1. The quantitative estimate of drug-likeness (QED) is 0.874. The zero-order chi connectivity index (χ0) is 11.5. The molecule has 0 radical (unpaired) electrons. The van der Waals surface area contributed by atoms with Crippen LogP contribution in [0.15, 0.2) is 0 Å². The molecule has 1 aromatic rings. The van der Waals surface area contributed by atoms with Crippen LogP contribution in [0.4, 0.5) is 0 Å². The predicted octanol–water partition coefficient (Wildman–Crippen LogP) is 3.56. The van der Waals surface area contributed by atoms with E-state index in [1.807, 2.05) is 11.3 Å². The summed E-state index contributed by atoms with van der Waals surface area (Å²) in [4.78, 5) is 6.17. The number of nitrogens with two attached hydrogens (primary N) is 1. The predicted molar refractivity (Wildman–Crippen MR) is 70.1 cm³/mol. The van der Waals surface area contributed by atoms with Crippen molar-refractivity contribution in [2.75, 3.05) is 6.54 Å². The first-order valence-electron chi connectivity index (χ1n) is 6.39. The molecule has 3 heteroatoms. The van der Waals surface area contributed by atoms with Gasteiger partial charge in [0.1, 0.15) is 0 Å². The molecule has 1 aliphatic carbocycles. The van der Waals surface area contributed by atoms with E-state index in [-0.39, 0.29) is 0 Å². The van der Waals surface area contributed by atoms with Crippen LogP contribution in [-0.2, 0) is 0 Å². The van der Waals surface area contributed by atoms with E-state index in [9.17, 15) is 0 Å². The van der Waals surface area contributed by atoms with Gasteiger partial charge in [0.2, 0.25) is 0 Å². The lowest BCUT2D eigenvalue weighted by molar-refractivity contribution is 0.442. The molecule has 90 valence electrons. The van der Waals surface area contributed by atoms with Gasteiger partial charge in [-0.15, -0.1) is 11.3 Å². The van der Waals surface area contributed by atoms with E-state index in [2.05, 4.69) is 13.8 Å². The van der Waals surface area contributed by atoms with Crippen LogP contribution in [-0.4, -0.2) is 11.5 Å². The average Bonchev–Trinajstić information content (AvgIpc) is 2.71. The van der Waals surface area contributed by atoms with Crippen LogP contribution in [0.2, 0.25) is 0 Å². The van der Waals surface area contributed by atoms with Gasteiger partial charge in [0.05, 0.1) is 10.7 Å². The molecular weight excluding hydrogens is 216 g/mol. The van der Waals surface area contributed by atoms with Crippen molar-refractivity contribution >= 4 is 11.3 Å². The van der Waals surface area contributed by atoms with Gasteiger partial charge in [-0.3, -0.25) is 0 Å². The van der Waals surface area contributed by atoms with Gasteiger partial charge in [-0.25, -0.2) is 4.98 Å². The minimum absolute atomic E-state index is 0.467. The fraction of sp³-hybridized carbons (Fsp3) is 0.769. The van der Waals surface area contributed by atoms with E-state index in [0.717, 1.165) is 12.5 Å². The zero-order valence-corrected chi connectivity index (χ0v) is 11.1. The molecule has 1 unspecified atom stereocenters. The maximum atomic E-state index is 5.74. The normalized spacial score (nSPS) is 19.9. The van der Waals surface area contributed by atoms with Gasteiger partial charge in [-0.2, -0.15) is 0 Å². The van der Waals surface area contributed by atoms with Gasteiger partial charge in [-0.1, -0.05) is 26.2 Å². The number of aromatic nitrogens is 1. The molecule has 1 atom stereocenters. The van der Waals surface area contributed by atoms with E-state index in [1.54, 1.807) is 0 Å². The van der Waals surface area contributed by atoms with Crippen molar-refractivity contribution in [3.8, 4) is 0 Å². The molecule has 0 amide bonds. The Labute approximate surface area is 102 Å². The Kier molecular flexibility index (Phi) is 3.98. The molecule has 0 spiro atoms. The molecule has 1 saturated carbocycles. The minimum Gasteiger partial charge on any atom is -0.330 e. The SMILES string of the molecule is Cc1nc(C2CCCCC2)sc1C(C)CN. The van der Waals surface area contributed by atoms with Crippen molar-refractivity contribution in [1.82, 2.24) is 4.98 Å². The summed E-state index contributed by atoms with van der Waals surface area (Å²) < 4.78 is 0. The van der Waals surface area contributed by atoms with E-state index >= 15 is 0 Å². The fourth-order valence-electron chi connectivity index (χ4n) is 2.52. The monoisotopic (exact) mass is 238 g/mol. The Morgan fingerprint density at radius 3 is 2.69 bits per heavy atom. The second-order valence-corrected chi connectivity index (χ2v) is 6.04. The first kappa shape index (κ1) is 12.1. The topological polar surface area (TPSA) is 38.9 Å². The number of nitrogens with zero attached hydrogens (tertiary/aromatic N) is 1. The van der Waals surface area contributed by atoms with Crippen molar-refractivity contribution < 1.29 is 0 Å². The largest absolute Gasteiger partial charge is 0.330 e. The molecule has 0 aromatic carbocycles. The summed E-state index contributed by atoms with van der Waals surface area (Å²) in [6, 6.07) is 0. The highest BCUT2D eigenvalue weighted by molar-refractivity contribution is 7.11. The van der Waals surface area contributed by atoms with Gasteiger partial charge in [0.25, 0.3) is 0 Å². The summed E-state index contributed by atoms with van der Waals surface area (Å²) in [5.41, 5.74) is 6.95. The molecular formula is C13H22N2S.